The number of rotatable bonds is 8. The minimum atomic E-state index is 0.122. The third kappa shape index (κ3) is 4.87. The lowest BCUT2D eigenvalue weighted by molar-refractivity contribution is -0.116. The number of benzene rings is 1. The number of unbranched alkanes of at least 4 members (excludes halogenated alkanes) is 2. The Hall–Kier alpha value is -1.51. The summed E-state index contributed by atoms with van der Waals surface area (Å²) in [4.78, 5) is 14.2. The summed E-state index contributed by atoms with van der Waals surface area (Å²) in [5.74, 6) is 0.122. The third-order valence-corrected chi connectivity index (χ3v) is 3.62. The number of carbonyl (C=O) groups excluding carboxylic acids is 1. The maximum absolute atomic E-state index is 11.8. The van der Waals surface area contributed by atoms with Crippen molar-refractivity contribution in [3.8, 4) is 0 Å². The van der Waals surface area contributed by atoms with Gasteiger partial charge in [0.05, 0.1) is 0 Å². The highest BCUT2D eigenvalue weighted by atomic mass is 16.1. The predicted molar refractivity (Wildman–Crippen MR) is 87.5 cm³/mol. The largest absolute Gasteiger partial charge is 0.372 e. The van der Waals surface area contributed by atoms with Crippen LogP contribution in [0.15, 0.2) is 18.2 Å². The molecule has 0 aliphatic carbocycles. The Balaban J connectivity index is 2.66. The lowest BCUT2D eigenvalue weighted by atomic mass is 10.1. The van der Waals surface area contributed by atoms with Crippen molar-refractivity contribution in [2.45, 2.75) is 53.4 Å². The SMILES string of the molecule is CCCCCC(=O)Nc1ccc(N(CC)CC)cc1C. The van der Waals surface area contributed by atoms with E-state index in [0.717, 1.165) is 43.6 Å². The van der Waals surface area contributed by atoms with E-state index in [1.165, 1.54) is 5.69 Å². The molecule has 1 N–H and O–H groups in total. The number of hydrogen-bond acceptors (Lipinski definition) is 2. The van der Waals surface area contributed by atoms with Gasteiger partial charge in [0.15, 0.2) is 0 Å². The van der Waals surface area contributed by atoms with Crippen molar-refractivity contribution in [1.82, 2.24) is 0 Å². The number of anilines is 2. The molecule has 1 aromatic rings. The van der Waals surface area contributed by atoms with Gasteiger partial charge in [-0.3, -0.25) is 4.79 Å². The fourth-order valence-corrected chi connectivity index (χ4v) is 2.32. The first-order valence-electron chi connectivity index (χ1n) is 7.77. The zero-order valence-electron chi connectivity index (χ0n) is 13.3. The molecular formula is C17H28N2O. The van der Waals surface area contributed by atoms with Gasteiger partial charge in [-0.15, -0.1) is 0 Å². The fraction of sp³-hybridized carbons (Fsp3) is 0.588. The molecule has 0 spiro atoms. The Morgan fingerprint density at radius 1 is 1.15 bits per heavy atom. The van der Waals surface area contributed by atoms with Crippen LogP contribution in [0.4, 0.5) is 11.4 Å². The minimum Gasteiger partial charge on any atom is -0.372 e. The van der Waals surface area contributed by atoms with Crippen molar-refractivity contribution < 1.29 is 4.79 Å². The summed E-state index contributed by atoms with van der Waals surface area (Å²) in [6.45, 7) is 10.5. The molecule has 20 heavy (non-hydrogen) atoms. The summed E-state index contributed by atoms with van der Waals surface area (Å²) in [6.07, 6.45) is 3.85. The van der Waals surface area contributed by atoms with E-state index >= 15 is 0 Å². The molecule has 0 unspecified atom stereocenters. The van der Waals surface area contributed by atoms with E-state index in [0.29, 0.717) is 6.42 Å². The first-order valence-corrected chi connectivity index (χ1v) is 7.77. The number of hydrogen-bond donors (Lipinski definition) is 1. The molecule has 0 saturated carbocycles. The van der Waals surface area contributed by atoms with E-state index in [4.69, 9.17) is 0 Å². The van der Waals surface area contributed by atoms with Gasteiger partial charge in [0.25, 0.3) is 0 Å². The monoisotopic (exact) mass is 276 g/mol. The molecular weight excluding hydrogens is 248 g/mol. The van der Waals surface area contributed by atoms with Gasteiger partial charge >= 0.3 is 0 Å². The maximum Gasteiger partial charge on any atom is 0.224 e. The average molecular weight is 276 g/mol. The Labute approximate surface area is 123 Å². The van der Waals surface area contributed by atoms with Crippen LogP contribution in [-0.4, -0.2) is 19.0 Å². The average Bonchev–Trinajstić information content (AvgIpc) is 2.43. The predicted octanol–water partition coefficient (Wildman–Crippen LogP) is 4.36. The molecule has 0 aliphatic rings. The smallest absolute Gasteiger partial charge is 0.224 e. The zero-order chi connectivity index (χ0) is 15.0. The van der Waals surface area contributed by atoms with Crippen LogP contribution < -0.4 is 10.2 Å². The standard InChI is InChI=1S/C17H28N2O/c1-5-8-9-10-17(20)18-16-12-11-15(13-14(16)4)19(6-2)7-3/h11-13H,5-10H2,1-4H3,(H,18,20). The molecule has 1 aromatic carbocycles. The second-order valence-electron chi connectivity index (χ2n) is 5.18. The number of nitrogens with zero attached hydrogens (tertiary/aromatic N) is 1. The summed E-state index contributed by atoms with van der Waals surface area (Å²) in [5, 5.41) is 3.01. The highest BCUT2D eigenvalue weighted by Gasteiger charge is 2.07. The molecule has 3 heteroatoms. The second kappa shape index (κ2) is 8.62. The van der Waals surface area contributed by atoms with Gasteiger partial charge < -0.3 is 10.2 Å². The van der Waals surface area contributed by atoms with Crippen LogP contribution >= 0.6 is 0 Å². The maximum atomic E-state index is 11.8. The molecule has 0 fully saturated rings. The lowest BCUT2D eigenvalue weighted by Gasteiger charge is -2.22. The van der Waals surface area contributed by atoms with E-state index in [1.54, 1.807) is 0 Å². The highest BCUT2D eigenvalue weighted by molar-refractivity contribution is 5.91. The molecule has 112 valence electrons. The topological polar surface area (TPSA) is 32.3 Å². The van der Waals surface area contributed by atoms with Gasteiger partial charge in [0, 0.05) is 30.9 Å². The Morgan fingerprint density at radius 2 is 1.85 bits per heavy atom. The molecule has 3 nitrogen and oxygen atoms in total. The quantitative estimate of drug-likeness (QED) is 0.715. The number of amides is 1. The number of carbonyl (C=O) groups is 1. The van der Waals surface area contributed by atoms with E-state index in [-0.39, 0.29) is 5.91 Å². The van der Waals surface area contributed by atoms with Crippen molar-refractivity contribution >= 4 is 17.3 Å². The van der Waals surface area contributed by atoms with Crippen molar-refractivity contribution in [2.24, 2.45) is 0 Å². The van der Waals surface area contributed by atoms with E-state index < -0.39 is 0 Å². The van der Waals surface area contributed by atoms with Gasteiger partial charge in [0.1, 0.15) is 0 Å². The summed E-state index contributed by atoms with van der Waals surface area (Å²) >= 11 is 0. The van der Waals surface area contributed by atoms with Crippen LogP contribution in [0.25, 0.3) is 0 Å². The summed E-state index contributed by atoms with van der Waals surface area (Å²) in [5.41, 5.74) is 3.28. The highest BCUT2D eigenvalue weighted by Crippen LogP contribution is 2.22. The first kappa shape index (κ1) is 16.5. The summed E-state index contributed by atoms with van der Waals surface area (Å²) < 4.78 is 0. The van der Waals surface area contributed by atoms with Crippen molar-refractivity contribution in [3.63, 3.8) is 0 Å². The minimum absolute atomic E-state index is 0.122. The molecule has 1 amide bonds. The summed E-state index contributed by atoms with van der Waals surface area (Å²) in [7, 11) is 0. The lowest BCUT2D eigenvalue weighted by Crippen LogP contribution is -2.22. The van der Waals surface area contributed by atoms with Crippen LogP contribution in [-0.2, 0) is 4.79 Å². The van der Waals surface area contributed by atoms with E-state index in [9.17, 15) is 4.79 Å². The van der Waals surface area contributed by atoms with Gasteiger partial charge in [-0.2, -0.15) is 0 Å². The van der Waals surface area contributed by atoms with Crippen LogP contribution in [0.2, 0.25) is 0 Å². The van der Waals surface area contributed by atoms with Crippen LogP contribution in [0.1, 0.15) is 52.0 Å². The first-order chi connectivity index (χ1) is 9.62. The Kier molecular flexibility index (Phi) is 7.13. The van der Waals surface area contributed by atoms with Crippen molar-refractivity contribution in [3.05, 3.63) is 23.8 Å². The van der Waals surface area contributed by atoms with Crippen molar-refractivity contribution in [1.29, 1.82) is 0 Å². The molecule has 0 aliphatic heterocycles. The van der Waals surface area contributed by atoms with Gasteiger partial charge in [0.2, 0.25) is 5.91 Å². The normalized spacial score (nSPS) is 10.4. The van der Waals surface area contributed by atoms with E-state index in [2.05, 4.69) is 50.0 Å². The van der Waals surface area contributed by atoms with Gasteiger partial charge in [-0.1, -0.05) is 19.8 Å². The van der Waals surface area contributed by atoms with E-state index in [1.807, 2.05) is 6.07 Å². The summed E-state index contributed by atoms with van der Waals surface area (Å²) in [6, 6.07) is 6.25. The number of nitrogens with one attached hydrogen (secondary N) is 1. The van der Waals surface area contributed by atoms with Crippen LogP contribution in [0.3, 0.4) is 0 Å². The van der Waals surface area contributed by atoms with Crippen molar-refractivity contribution in [2.75, 3.05) is 23.3 Å². The van der Waals surface area contributed by atoms with Crippen LogP contribution in [0.5, 0.6) is 0 Å². The number of aryl methyl sites for hydroxylation is 1. The molecule has 0 saturated heterocycles. The van der Waals surface area contributed by atoms with Crippen LogP contribution in [0, 0.1) is 6.92 Å². The zero-order valence-corrected chi connectivity index (χ0v) is 13.3. The molecule has 0 heterocycles. The van der Waals surface area contributed by atoms with Gasteiger partial charge in [-0.25, -0.2) is 0 Å². The Morgan fingerprint density at radius 3 is 2.40 bits per heavy atom. The second-order valence-corrected chi connectivity index (χ2v) is 5.18. The molecule has 1 rings (SSSR count). The molecule has 0 aromatic heterocycles. The molecule has 0 radical (unpaired) electrons. The molecule has 0 atom stereocenters. The molecule has 0 bridgehead atoms. The van der Waals surface area contributed by atoms with Gasteiger partial charge in [-0.05, 0) is 51.0 Å². The Bertz CT molecular complexity index is 425. The third-order valence-electron chi connectivity index (χ3n) is 3.62. The fourth-order valence-electron chi connectivity index (χ4n) is 2.32.